The monoisotopic (exact) mass is 371 g/mol. The number of carbonyl (C=O) groups excluding carboxylic acids is 2. The van der Waals surface area contributed by atoms with Crippen LogP contribution >= 0.6 is 0 Å². The van der Waals surface area contributed by atoms with Gasteiger partial charge in [-0.2, -0.15) is 0 Å². The molecular weight excluding hydrogens is 342 g/mol. The van der Waals surface area contributed by atoms with E-state index in [0.29, 0.717) is 19.0 Å². The zero-order chi connectivity index (χ0) is 20.1. The predicted molar refractivity (Wildman–Crippen MR) is 106 cm³/mol. The first-order chi connectivity index (χ1) is 13.1. The Morgan fingerprint density at radius 3 is 2.30 bits per heavy atom. The number of hydrogen-bond acceptors (Lipinski definition) is 4. The van der Waals surface area contributed by atoms with Crippen molar-refractivity contribution >= 4 is 12.4 Å². The number of nitrogens with two attached hydrogens (primary N) is 1. The van der Waals surface area contributed by atoms with Crippen LogP contribution in [0.2, 0.25) is 0 Å². The summed E-state index contributed by atoms with van der Waals surface area (Å²) in [6.45, 7) is 4.94. The first-order valence-corrected chi connectivity index (χ1v) is 9.15. The molecule has 1 amide bonds. The summed E-state index contributed by atoms with van der Waals surface area (Å²) in [6, 6.07) is 18.2. The highest BCUT2D eigenvalue weighted by Crippen LogP contribution is 2.40. The summed E-state index contributed by atoms with van der Waals surface area (Å²) < 4.78 is 9.68. The van der Waals surface area contributed by atoms with E-state index in [9.17, 15) is 4.79 Å². The third-order valence-electron chi connectivity index (χ3n) is 4.03. The molecule has 1 fully saturated rings. The van der Waals surface area contributed by atoms with Crippen LogP contribution in [0, 0.1) is 11.8 Å². The zero-order valence-corrected chi connectivity index (χ0v) is 16.3. The van der Waals surface area contributed by atoms with E-state index in [1.165, 1.54) is 12.7 Å². The second-order valence-electron chi connectivity index (χ2n) is 5.96. The standard InChI is InChI=1S/C18H19NO2.C2H4O2.C2H6/c19-18(20)17-11-15(17)9-14-7-4-8-16(10-14)21-12-13-5-2-1-3-6-13;1-4-2-3;1-2/h1-8,10,15,17H,9,11-12H2,(H2,19,20);2H,1H3;1-2H3. The van der Waals surface area contributed by atoms with Gasteiger partial charge in [-0.15, -0.1) is 0 Å². The van der Waals surface area contributed by atoms with Gasteiger partial charge in [0.05, 0.1) is 7.11 Å². The molecule has 0 radical (unpaired) electrons. The number of primary amides is 1. The van der Waals surface area contributed by atoms with Gasteiger partial charge in [-0.3, -0.25) is 9.59 Å². The summed E-state index contributed by atoms with van der Waals surface area (Å²) >= 11 is 0. The molecule has 1 aliphatic rings. The number of hydrogen-bond donors (Lipinski definition) is 1. The molecule has 0 spiro atoms. The molecule has 2 aromatic carbocycles. The quantitative estimate of drug-likeness (QED) is 0.752. The molecule has 2 unspecified atom stereocenters. The molecule has 1 aliphatic carbocycles. The summed E-state index contributed by atoms with van der Waals surface area (Å²) in [5.74, 6) is 1.18. The molecule has 1 saturated carbocycles. The van der Waals surface area contributed by atoms with E-state index in [-0.39, 0.29) is 11.8 Å². The molecule has 27 heavy (non-hydrogen) atoms. The van der Waals surface area contributed by atoms with Gasteiger partial charge in [-0.1, -0.05) is 56.3 Å². The van der Waals surface area contributed by atoms with Crippen LogP contribution < -0.4 is 10.5 Å². The Labute approximate surface area is 161 Å². The number of ether oxygens (including phenoxy) is 2. The predicted octanol–water partition coefficient (Wildman–Crippen LogP) is 3.74. The number of rotatable bonds is 7. The second-order valence-corrected chi connectivity index (χ2v) is 5.96. The molecule has 0 heterocycles. The van der Waals surface area contributed by atoms with E-state index >= 15 is 0 Å². The third-order valence-corrected chi connectivity index (χ3v) is 4.03. The van der Waals surface area contributed by atoms with Gasteiger partial charge >= 0.3 is 0 Å². The number of benzene rings is 2. The first-order valence-electron chi connectivity index (χ1n) is 9.15. The van der Waals surface area contributed by atoms with E-state index in [2.05, 4.69) is 16.9 Å². The average molecular weight is 371 g/mol. The van der Waals surface area contributed by atoms with Gasteiger partial charge in [0, 0.05) is 5.92 Å². The van der Waals surface area contributed by atoms with Crippen molar-refractivity contribution < 1.29 is 19.1 Å². The van der Waals surface area contributed by atoms with Gasteiger partial charge in [0.15, 0.2) is 0 Å². The molecule has 2 aromatic rings. The lowest BCUT2D eigenvalue weighted by Crippen LogP contribution is -2.14. The van der Waals surface area contributed by atoms with Crippen LogP contribution in [-0.4, -0.2) is 19.5 Å². The Kier molecular flexibility index (Phi) is 10.3. The van der Waals surface area contributed by atoms with Gasteiger partial charge in [0.1, 0.15) is 12.4 Å². The molecule has 2 atom stereocenters. The maximum absolute atomic E-state index is 11.1. The minimum Gasteiger partial charge on any atom is -0.489 e. The van der Waals surface area contributed by atoms with Crippen molar-refractivity contribution in [1.82, 2.24) is 0 Å². The van der Waals surface area contributed by atoms with E-state index in [0.717, 1.165) is 24.2 Å². The Morgan fingerprint density at radius 1 is 1.11 bits per heavy atom. The molecule has 0 aromatic heterocycles. The third kappa shape index (κ3) is 8.40. The fourth-order valence-electron chi connectivity index (χ4n) is 2.63. The lowest BCUT2D eigenvalue weighted by atomic mass is 10.1. The molecule has 0 aliphatic heterocycles. The van der Waals surface area contributed by atoms with E-state index in [1.54, 1.807) is 0 Å². The SMILES string of the molecule is CC.COC=O.NC(=O)C1CC1Cc1cccc(OCc2ccccc2)c1. The molecule has 0 bridgehead atoms. The summed E-state index contributed by atoms with van der Waals surface area (Å²) in [7, 11) is 1.31. The van der Waals surface area contributed by atoms with Crippen molar-refractivity contribution in [2.24, 2.45) is 17.6 Å². The van der Waals surface area contributed by atoms with Crippen LogP contribution in [0.3, 0.4) is 0 Å². The van der Waals surface area contributed by atoms with E-state index in [4.69, 9.17) is 15.3 Å². The molecule has 5 heteroatoms. The van der Waals surface area contributed by atoms with Crippen LogP contribution in [0.4, 0.5) is 0 Å². The maximum Gasteiger partial charge on any atom is 0.292 e. The normalized spacial score (nSPS) is 16.6. The maximum atomic E-state index is 11.1. The van der Waals surface area contributed by atoms with E-state index in [1.807, 2.05) is 56.3 Å². The van der Waals surface area contributed by atoms with Crippen molar-refractivity contribution in [3.05, 3.63) is 65.7 Å². The van der Waals surface area contributed by atoms with E-state index < -0.39 is 0 Å². The highest BCUT2D eigenvalue weighted by atomic mass is 16.5. The van der Waals surface area contributed by atoms with Gasteiger partial charge in [0.2, 0.25) is 5.91 Å². The molecule has 146 valence electrons. The zero-order valence-electron chi connectivity index (χ0n) is 16.3. The minimum atomic E-state index is -0.170. The van der Waals surface area contributed by atoms with Crippen molar-refractivity contribution in [1.29, 1.82) is 0 Å². The van der Waals surface area contributed by atoms with Crippen molar-refractivity contribution in [2.45, 2.75) is 33.3 Å². The van der Waals surface area contributed by atoms with Crippen LogP contribution in [0.25, 0.3) is 0 Å². The summed E-state index contributed by atoms with van der Waals surface area (Å²) in [4.78, 5) is 20.0. The fourth-order valence-corrected chi connectivity index (χ4v) is 2.63. The van der Waals surface area contributed by atoms with Crippen molar-refractivity contribution in [3.63, 3.8) is 0 Å². The largest absolute Gasteiger partial charge is 0.489 e. The van der Waals surface area contributed by atoms with Crippen LogP contribution in [0.1, 0.15) is 31.4 Å². The molecular formula is C22H29NO4. The van der Waals surface area contributed by atoms with Gasteiger partial charge < -0.3 is 15.2 Å². The van der Waals surface area contributed by atoms with Crippen LogP contribution in [0.5, 0.6) is 5.75 Å². The van der Waals surface area contributed by atoms with Crippen molar-refractivity contribution in [2.75, 3.05) is 7.11 Å². The average Bonchev–Trinajstić information content (AvgIpc) is 3.49. The smallest absolute Gasteiger partial charge is 0.292 e. The Morgan fingerprint density at radius 2 is 1.74 bits per heavy atom. The lowest BCUT2D eigenvalue weighted by Gasteiger charge is -2.08. The van der Waals surface area contributed by atoms with Crippen LogP contribution in [0.15, 0.2) is 54.6 Å². The molecule has 3 rings (SSSR count). The highest BCUT2D eigenvalue weighted by molar-refractivity contribution is 5.79. The van der Waals surface area contributed by atoms with Crippen molar-refractivity contribution in [3.8, 4) is 5.75 Å². The minimum absolute atomic E-state index is 0.0684. The van der Waals surface area contributed by atoms with Gasteiger partial charge in [-0.25, -0.2) is 0 Å². The highest BCUT2D eigenvalue weighted by Gasteiger charge is 2.41. The molecule has 2 N–H and O–H groups in total. The number of amides is 1. The summed E-state index contributed by atoms with van der Waals surface area (Å²) in [5.41, 5.74) is 7.67. The summed E-state index contributed by atoms with van der Waals surface area (Å²) in [6.07, 6.45) is 1.82. The summed E-state index contributed by atoms with van der Waals surface area (Å²) in [5, 5.41) is 0. The Balaban J connectivity index is 0.000000541. The fraction of sp³-hybridized carbons (Fsp3) is 0.364. The van der Waals surface area contributed by atoms with Crippen LogP contribution in [-0.2, 0) is 27.4 Å². The topological polar surface area (TPSA) is 78.6 Å². The van der Waals surface area contributed by atoms with Gasteiger partial charge in [0.25, 0.3) is 6.47 Å². The molecule has 5 nitrogen and oxygen atoms in total. The number of carbonyl (C=O) groups is 2. The Bertz CT molecular complexity index is 688. The van der Waals surface area contributed by atoms with Gasteiger partial charge in [-0.05, 0) is 42.0 Å². The Hall–Kier alpha value is -2.82. The lowest BCUT2D eigenvalue weighted by molar-refractivity contribution is -0.126. The number of methoxy groups -OCH3 is 1. The second kappa shape index (κ2) is 12.5. The first kappa shape index (κ1) is 22.2. The molecule has 0 saturated heterocycles.